The van der Waals surface area contributed by atoms with E-state index in [1.165, 1.54) is 6.07 Å². The summed E-state index contributed by atoms with van der Waals surface area (Å²) in [6, 6.07) is 3.97. The van der Waals surface area contributed by atoms with Gasteiger partial charge < -0.3 is 5.32 Å². The maximum absolute atomic E-state index is 13.0. The molecule has 0 saturated heterocycles. The smallest absolute Gasteiger partial charge is 0.313 e. The van der Waals surface area contributed by atoms with Crippen LogP contribution in [0.15, 0.2) is 28.9 Å². The molecule has 0 aliphatic heterocycles. The number of alkyl halides is 3. The molecule has 0 radical (unpaired) electrons. The molecular formula is C13H14BrF3N4. The van der Waals surface area contributed by atoms with Crippen LogP contribution in [0.4, 0.5) is 13.2 Å². The number of hydrogen-bond donors (Lipinski definition) is 1. The van der Waals surface area contributed by atoms with Crippen molar-refractivity contribution in [2.24, 2.45) is 7.05 Å². The number of benzene rings is 1. The third-order valence-electron chi connectivity index (χ3n) is 3.11. The van der Waals surface area contributed by atoms with Crippen molar-refractivity contribution >= 4 is 15.9 Å². The van der Waals surface area contributed by atoms with Crippen LogP contribution in [-0.4, -0.2) is 22.0 Å². The second-order valence-electron chi connectivity index (χ2n) is 4.67. The third-order valence-corrected chi connectivity index (χ3v) is 3.80. The van der Waals surface area contributed by atoms with Crippen molar-refractivity contribution in [3.63, 3.8) is 0 Å². The topological polar surface area (TPSA) is 42.7 Å². The number of halogens is 4. The molecule has 21 heavy (non-hydrogen) atoms. The standard InChI is InChI=1S/C13H14BrF3N4/c1-18-12(6-9-7-21(2)20-19-9)8-3-4-11(14)10(5-8)13(15,16)17/h3-5,7,12,18H,6H2,1-2H3. The Labute approximate surface area is 128 Å². The van der Waals surface area contributed by atoms with Gasteiger partial charge in [-0.1, -0.05) is 27.2 Å². The van der Waals surface area contributed by atoms with E-state index in [9.17, 15) is 13.2 Å². The Morgan fingerprint density at radius 3 is 2.62 bits per heavy atom. The predicted octanol–water partition coefficient (Wildman–Crippen LogP) is 3.10. The Hall–Kier alpha value is -1.41. The molecule has 1 aromatic heterocycles. The van der Waals surface area contributed by atoms with Crippen LogP contribution in [0.5, 0.6) is 0 Å². The molecule has 1 atom stereocenters. The van der Waals surface area contributed by atoms with Crippen LogP contribution in [0.25, 0.3) is 0 Å². The lowest BCUT2D eigenvalue weighted by molar-refractivity contribution is -0.138. The van der Waals surface area contributed by atoms with Crippen molar-refractivity contribution < 1.29 is 13.2 Å². The lowest BCUT2D eigenvalue weighted by Crippen LogP contribution is -2.20. The van der Waals surface area contributed by atoms with E-state index in [4.69, 9.17) is 0 Å². The molecule has 1 unspecified atom stereocenters. The highest BCUT2D eigenvalue weighted by molar-refractivity contribution is 9.10. The van der Waals surface area contributed by atoms with Gasteiger partial charge in [-0.15, -0.1) is 5.10 Å². The van der Waals surface area contributed by atoms with Gasteiger partial charge in [0.05, 0.1) is 11.3 Å². The van der Waals surface area contributed by atoms with Gasteiger partial charge in [0, 0.05) is 30.2 Å². The Morgan fingerprint density at radius 2 is 2.10 bits per heavy atom. The first-order chi connectivity index (χ1) is 9.81. The molecule has 2 aromatic rings. The van der Waals surface area contributed by atoms with Gasteiger partial charge in [-0.25, -0.2) is 0 Å². The average molecular weight is 363 g/mol. The van der Waals surface area contributed by atoms with Gasteiger partial charge in [0.1, 0.15) is 0 Å². The first kappa shape index (κ1) is 16.0. The van der Waals surface area contributed by atoms with Crippen LogP contribution >= 0.6 is 15.9 Å². The zero-order valence-electron chi connectivity index (χ0n) is 11.4. The van der Waals surface area contributed by atoms with Crippen LogP contribution in [0, 0.1) is 0 Å². The minimum atomic E-state index is -4.39. The van der Waals surface area contributed by atoms with E-state index in [-0.39, 0.29) is 10.5 Å². The summed E-state index contributed by atoms with van der Waals surface area (Å²) in [6.45, 7) is 0. The average Bonchev–Trinajstić information content (AvgIpc) is 2.81. The molecule has 4 nitrogen and oxygen atoms in total. The fourth-order valence-corrected chi connectivity index (χ4v) is 2.53. The van der Waals surface area contributed by atoms with Crippen LogP contribution in [-0.2, 0) is 19.6 Å². The molecule has 1 aromatic carbocycles. The van der Waals surface area contributed by atoms with E-state index in [0.717, 1.165) is 6.07 Å². The van der Waals surface area contributed by atoms with E-state index in [1.807, 2.05) is 0 Å². The van der Waals surface area contributed by atoms with Crippen molar-refractivity contribution in [1.82, 2.24) is 20.3 Å². The van der Waals surface area contributed by atoms with Crippen LogP contribution in [0.3, 0.4) is 0 Å². The van der Waals surface area contributed by atoms with Crippen molar-refractivity contribution in [3.8, 4) is 0 Å². The van der Waals surface area contributed by atoms with E-state index in [0.29, 0.717) is 17.7 Å². The Bertz CT molecular complexity index is 624. The van der Waals surface area contributed by atoms with Crippen molar-refractivity contribution in [2.45, 2.75) is 18.6 Å². The Kier molecular flexibility index (Phi) is 4.67. The molecule has 0 spiro atoms. The second-order valence-corrected chi connectivity index (χ2v) is 5.52. The minimum Gasteiger partial charge on any atom is -0.313 e. The lowest BCUT2D eigenvalue weighted by atomic mass is 10.00. The molecule has 0 saturated carbocycles. The van der Waals surface area contributed by atoms with Crippen molar-refractivity contribution in [1.29, 1.82) is 0 Å². The van der Waals surface area contributed by atoms with E-state index in [2.05, 4.69) is 31.6 Å². The lowest BCUT2D eigenvalue weighted by Gasteiger charge is -2.18. The van der Waals surface area contributed by atoms with Gasteiger partial charge in [-0.05, 0) is 24.7 Å². The number of aromatic nitrogens is 3. The van der Waals surface area contributed by atoms with Gasteiger partial charge in [0.15, 0.2) is 0 Å². The monoisotopic (exact) mass is 362 g/mol. The van der Waals surface area contributed by atoms with Gasteiger partial charge in [0.25, 0.3) is 0 Å². The van der Waals surface area contributed by atoms with Crippen molar-refractivity contribution in [3.05, 3.63) is 45.7 Å². The normalized spacial score (nSPS) is 13.4. The van der Waals surface area contributed by atoms with Crippen molar-refractivity contribution in [2.75, 3.05) is 7.05 Å². The van der Waals surface area contributed by atoms with Crippen LogP contribution in [0.2, 0.25) is 0 Å². The number of aryl methyl sites for hydroxylation is 1. The molecule has 0 aliphatic carbocycles. The van der Waals surface area contributed by atoms with E-state index >= 15 is 0 Å². The zero-order chi connectivity index (χ0) is 15.6. The van der Waals surface area contributed by atoms with E-state index < -0.39 is 11.7 Å². The summed E-state index contributed by atoms with van der Waals surface area (Å²) >= 11 is 2.94. The quantitative estimate of drug-likeness (QED) is 0.908. The first-order valence-electron chi connectivity index (χ1n) is 6.20. The molecule has 0 amide bonds. The number of likely N-dealkylation sites (N-methyl/N-ethyl adjacent to an activating group) is 1. The minimum absolute atomic E-state index is 0.0353. The predicted molar refractivity (Wildman–Crippen MR) is 75.7 cm³/mol. The highest BCUT2D eigenvalue weighted by Crippen LogP contribution is 2.36. The molecule has 114 valence electrons. The third kappa shape index (κ3) is 3.82. The number of hydrogen-bond acceptors (Lipinski definition) is 3. The number of nitrogens with one attached hydrogen (secondary N) is 1. The van der Waals surface area contributed by atoms with Crippen LogP contribution in [0.1, 0.15) is 22.9 Å². The largest absolute Gasteiger partial charge is 0.417 e. The number of nitrogens with zero attached hydrogens (tertiary/aromatic N) is 3. The summed E-state index contributed by atoms with van der Waals surface area (Å²) in [5, 5.41) is 10.8. The van der Waals surface area contributed by atoms with Gasteiger partial charge in [-0.3, -0.25) is 4.68 Å². The number of rotatable bonds is 4. The first-order valence-corrected chi connectivity index (χ1v) is 6.99. The summed E-state index contributed by atoms with van der Waals surface area (Å²) < 4.78 is 40.4. The van der Waals surface area contributed by atoms with Gasteiger partial charge in [-0.2, -0.15) is 13.2 Å². The Balaban J connectivity index is 2.30. The Morgan fingerprint density at radius 1 is 1.38 bits per heavy atom. The molecule has 8 heteroatoms. The molecule has 2 rings (SSSR count). The fraction of sp³-hybridized carbons (Fsp3) is 0.385. The second kappa shape index (κ2) is 6.15. The highest BCUT2D eigenvalue weighted by atomic mass is 79.9. The van der Waals surface area contributed by atoms with Gasteiger partial charge >= 0.3 is 6.18 Å². The molecule has 1 heterocycles. The summed E-state index contributed by atoms with van der Waals surface area (Å²) in [4.78, 5) is 0. The summed E-state index contributed by atoms with van der Waals surface area (Å²) in [6.07, 6.45) is -2.18. The van der Waals surface area contributed by atoms with E-state index in [1.54, 1.807) is 31.0 Å². The van der Waals surface area contributed by atoms with Gasteiger partial charge in [0.2, 0.25) is 0 Å². The SMILES string of the molecule is CNC(Cc1cn(C)nn1)c1ccc(Br)c(C(F)(F)F)c1. The maximum Gasteiger partial charge on any atom is 0.417 e. The molecule has 0 fully saturated rings. The molecular weight excluding hydrogens is 349 g/mol. The summed E-state index contributed by atoms with van der Waals surface area (Å²) in [7, 11) is 3.45. The fourth-order valence-electron chi connectivity index (χ4n) is 2.06. The molecule has 0 bridgehead atoms. The summed E-state index contributed by atoms with van der Waals surface area (Å²) in [5.41, 5.74) is 0.589. The molecule has 0 aliphatic rings. The van der Waals surface area contributed by atoms with Crippen LogP contribution < -0.4 is 5.32 Å². The zero-order valence-corrected chi connectivity index (χ0v) is 13.0. The maximum atomic E-state index is 13.0. The molecule has 1 N–H and O–H groups in total. The highest BCUT2D eigenvalue weighted by Gasteiger charge is 2.33. The summed E-state index contributed by atoms with van der Waals surface area (Å²) in [5.74, 6) is 0.